The zero-order chi connectivity index (χ0) is 19.9. The van der Waals surface area contributed by atoms with Gasteiger partial charge in [-0.05, 0) is 37.8 Å². The topological polar surface area (TPSA) is 73.6 Å². The Morgan fingerprint density at radius 3 is 2.82 bits per heavy atom. The van der Waals surface area contributed by atoms with Crippen LogP contribution in [-0.4, -0.2) is 55.8 Å². The molecule has 2 fully saturated rings. The molecule has 2 heterocycles. The Kier molecular flexibility index (Phi) is 7.57. The van der Waals surface area contributed by atoms with Crippen LogP contribution >= 0.6 is 0 Å². The third kappa shape index (κ3) is 5.39. The van der Waals surface area contributed by atoms with Crippen LogP contribution in [0.15, 0.2) is 17.3 Å². The summed E-state index contributed by atoms with van der Waals surface area (Å²) in [5.74, 6) is 0.933. The summed E-state index contributed by atoms with van der Waals surface area (Å²) in [6, 6.07) is 3.12. The summed E-state index contributed by atoms with van der Waals surface area (Å²) < 4.78 is 5.88. The highest BCUT2D eigenvalue weighted by Crippen LogP contribution is 2.30. The minimum atomic E-state index is 0.0190. The predicted molar refractivity (Wildman–Crippen MR) is 116 cm³/mol. The van der Waals surface area contributed by atoms with Gasteiger partial charge in [-0.1, -0.05) is 26.2 Å². The number of anilines is 1. The molecule has 0 bridgehead atoms. The number of piperidine rings is 1. The Balaban J connectivity index is 1.71. The van der Waals surface area contributed by atoms with E-state index in [1.807, 2.05) is 33.4 Å². The standard InChI is InChI=1S/C22H35N5O/c1-16-11-20(24-14-17(2)12-23)22(25-13-16)27-10-9-19(21(15-27)28-3)26-18-7-5-4-6-8-18/h11-14,17-19,21,23,26H,4-10,15H2,1-3H3. The maximum absolute atomic E-state index is 7.38. The van der Waals surface area contributed by atoms with Crippen molar-refractivity contribution in [2.45, 2.75) is 70.6 Å². The number of methoxy groups -OCH3 is 1. The summed E-state index contributed by atoms with van der Waals surface area (Å²) in [4.78, 5) is 11.6. The van der Waals surface area contributed by atoms with Crippen LogP contribution in [0.2, 0.25) is 0 Å². The third-order valence-corrected chi connectivity index (χ3v) is 5.91. The van der Waals surface area contributed by atoms with Crippen LogP contribution < -0.4 is 10.2 Å². The van der Waals surface area contributed by atoms with Crippen LogP contribution in [-0.2, 0) is 4.74 Å². The fourth-order valence-corrected chi connectivity index (χ4v) is 4.24. The Morgan fingerprint density at radius 2 is 2.11 bits per heavy atom. The number of ether oxygens (including phenoxy) is 1. The van der Waals surface area contributed by atoms with Crippen LogP contribution in [0.25, 0.3) is 0 Å². The molecule has 2 N–H and O–H groups in total. The lowest BCUT2D eigenvalue weighted by Gasteiger charge is -2.41. The largest absolute Gasteiger partial charge is 0.378 e. The monoisotopic (exact) mass is 385 g/mol. The van der Waals surface area contributed by atoms with Crippen molar-refractivity contribution in [2.24, 2.45) is 10.9 Å². The molecule has 0 spiro atoms. The number of aromatic nitrogens is 1. The van der Waals surface area contributed by atoms with Gasteiger partial charge in [-0.25, -0.2) is 4.98 Å². The normalized spacial score (nSPS) is 25.2. The number of aliphatic imine (C=N–C) groups is 1. The fourth-order valence-electron chi connectivity index (χ4n) is 4.24. The van der Waals surface area contributed by atoms with Gasteiger partial charge in [0, 0.05) is 56.8 Å². The first-order valence-electron chi connectivity index (χ1n) is 10.7. The second-order valence-electron chi connectivity index (χ2n) is 8.28. The fraction of sp³-hybridized carbons (Fsp3) is 0.682. The molecule has 1 aliphatic heterocycles. The van der Waals surface area contributed by atoms with Crippen molar-refractivity contribution in [1.82, 2.24) is 10.3 Å². The van der Waals surface area contributed by atoms with Crippen LogP contribution in [0.5, 0.6) is 0 Å². The molecule has 0 radical (unpaired) electrons. The van der Waals surface area contributed by atoms with E-state index in [2.05, 4.69) is 21.3 Å². The van der Waals surface area contributed by atoms with Gasteiger partial charge in [0.2, 0.25) is 0 Å². The van der Waals surface area contributed by atoms with E-state index < -0.39 is 0 Å². The van der Waals surface area contributed by atoms with Gasteiger partial charge in [-0.3, -0.25) is 4.99 Å². The van der Waals surface area contributed by atoms with Crippen molar-refractivity contribution in [2.75, 3.05) is 25.1 Å². The van der Waals surface area contributed by atoms with Crippen molar-refractivity contribution in [3.63, 3.8) is 0 Å². The molecule has 1 saturated carbocycles. The lowest BCUT2D eigenvalue weighted by molar-refractivity contribution is 0.0534. The Labute approximate surface area is 169 Å². The average molecular weight is 386 g/mol. The van der Waals surface area contributed by atoms with Crippen LogP contribution in [0.1, 0.15) is 51.0 Å². The van der Waals surface area contributed by atoms with Crippen molar-refractivity contribution >= 4 is 23.9 Å². The van der Waals surface area contributed by atoms with Gasteiger partial charge in [-0.2, -0.15) is 0 Å². The minimum Gasteiger partial charge on any atom is -0.378 e. The Hall–Kier alpha value is -1.79. The first-order valence-corrected chi connectivity index (χ1v) is 10.7. The maximum atomic E-state index is 7.38. The average Bonchev–Trinajstić information content (AvgIpc) is 2.73. The quantitative estimate of drug-likeness (QED) is 0.698. The second-order valence-corrected chi connectivity index (χ2v) is 8.28. The van der Waals surface area contributed by atoms with E-state index in [0.717, 1.165) is 36.6 Å². The van der Waals surface area contributed by atoms with E-state index in [-0.39, 0.29) is 12.0 Å². The highest BCUT2D eigenvalue weighted by molar-refractivity contribution is 5.84. The van der Waals surface area contributed by atoms with Crippen molar-refractivity contribution in [1.29, 1.82) is 5.41 Å². The molecule has 154 valence electrons. The van der Waals surface area contributed by atoms with Gasteiger partial charge in [-0.15, -0.1) is 0 Å². The molecular weight excluding hydrogens is 350 g/mol. The van der Waals surface area contributed by atoms with E-state index in [1.54, 1.807) is 0 Å². The van der Waals surface area contributed by atoms with Gasteiger partial charge in [0.1, 0.15) is 5.69 Å². The molecule has 6 nitrogen and oxygen atoms in total. The van der Waals surface area contributed by atoms with Crippen LogP contribution in [0.4, 0.5) is 11.5 Å². The first-order chi connectivity index (χ1) is 13.6. The number of rotatable bonds is 7. The van der Waals surface area contributed by atoms with Crippen LogP contribution in [0.3, 0.4) is 0 Å². The SMILES string of the molecule is COC1CN(c2ncc(C)cc2N=CC(C)C=N)CCC1NC1CCCCC1. The lowest BCUT2D eigenvalue weighted by Crippen LogP contribution is -2.56. The highest BCUT2D eigenvalue weighted by atomic mass is 16.5. The summed E-state index contributed by atoms with van der Waals surface area (Å²) >= 11 is 0. The van der Waals surface area contributed by atoms with Crippen molar-refractivity contribution < 1.29 is 4.74 Å². The van der Waals surface area contributed by atoms with Gasteiger partial charge in [0.15, 0.2) is 5.82 Å². The van der Waals surface area contributed by atoms with Gasteiger partial charge < -0.3 is 20.4 Å². The van der Waals surface area contributed by atoms with Crippen LogP contribution in [0, 0.1) is 18.3 Å². The van der Waals surface area contributed by atoms with Gasteiger partial charge in [0.05, 0.1) is 6.10 Å². The first kappa shape index (κ1) is 20.9. The summed E-state index contributed by atoms with van der Waals surface area (Å²) in [6.45, 7) is 5.76. The van der Waals surface area contributed by atoms with Gasteiger partial charge >= 0.3 is 0 Å². The molecule has 1 aromatic rings. The number of pyridine rings is 1. The van der Waals surface area contributed by atoms with E-state index in [9.17, 15) is 0 Å². The van der Waals surface area contributed by atoms with E-state index in [1.165, 1.54) is 38.3 Å². The second kappa shape index (κ2) is 10.1. The Morgan fingerprint density at radius 1 is 1.32 bits per heavy atom. The third-order valence-electron chi connectivity index (χ3n) is 5.91. The molecule has 0 aromatic carbocycles. The summed E-state index contributed by atoms with van der Waals surface area (Å²) in [5.41, 5.74) is 1.97. The summed E-state index contributed by atoms with van der Waals surface area (Å²) in [5, 5.41) is 11.3. The smallest absolute Gasteiger partial charge is 0.154 e. The minimum absolute atomic E-state index is 0.0190. The molecule has 2 aliphatic rings. The molecule has 6 heteroatoms. The zero-order valence-electron chi connectivity index (χ0n) is 17.5. The van der Waals surface area contributed by atoms with Crippen molar-refractivity contribution in [3.05, 3.63) is 17.8 Å². The molecule has 1 saturated heterocycles. The molecule has 28 heavy (non-hydrogen) atoms. The van der Waals surface area contributed by atoms with Crippen molar-refractivity contribution in [3.8, 4) is 0 Å². The lowest BCUT2D eigenvalue weighted by atomic mass is 9.92. The zero-order valence-corrected chi connectivity index (χ0v) is 17.5. The molecule has 3 unspecified atom stereocenters. The molecule has 1 aromatic heterocycles. The molecule has 1 aliphatic carbocycles. The summed E-state index contributed by atoms with van der Waals surface area (Å²) in [7, 11) is 1.82. The number of aryl methyl sites for hydroxylation is 1. The highest BCUT2D eigenvalue weighted by Gasteiger charge is 2.32. The number of hydrogen-bond acceptors (Lipinski definition) is 6. The number of nitrogens with one attached hydrogen (secondary N) is 2. The molecule has 3 atom stereocenters. The number of hydrogen-bond donors (Lipinski definition) is 2. The number of nitrogens with zero attached hydrogens (tertiary/aromatic N) is 3. The molecular formula is C22H35N5O. The molecule has 3 rings (SSSR count). The maximum Gasteiger partial charge on any atom is 0.154 e. The van der Waals surface area contributed by atoms with E-state index in [4.69, 9.17) is 15.1 Å². The molecule has 0 amide bonds. The summed E-state index contributed by atoms with van der Waals surface area (Å²) in [6.07, 6.45) is 13.0. The van der Waals surface area contributed by atoms with E-state index >= 15 is 0 Å². The van der Waals surface area contributed by atoms with E-state index in [0.29, 0.717) is 12.1 Å². The Bertz CT molecular complexity index is 671. The predicted octanol–water partition coefficient (Wildman–Crippen LogP) is 3.89. The van der Waals surface area contributed by atoms with Gasteiger partial charge in [0.25, 0.3) is 0 Å².